The zero-order valence-corrected chi connectivity index (χ0v) is 12.6. The molecule has 118 valence electrons. The first-order valence-corrected chi connectivity index (χ1v) is 6.68. The molecule has 0 aromatic carbocycles. The Hall–Kier alpha value is -1.93. The number of rotatable bonds is 8. The van der Waals surface area contributed by atoms with Crippen LogP contribution in [0.1, 0.15) is 43.4 Å². The average molecular weight is 300 g/mol. The predicted molar refractivity (Wildman–Crippen MR) is 73.6 cm³/mol. The summed E-state index contributed by atoms with van der Waals surface area (Å²) < 4.78 is 17.0. The largest absolute Gasteiger partial charge is 0.486 e. The molecule has 1 rings (SSSR count). The highest BCUT2D eigenvalue weighted by molar-refractivity contribution is 5.88. The minimum atomic E-state index is -1.34. The van der Waals surface area contributed by atoms with Crippen LogP contribution in [0.5, 0.6) is 5.75 Å². The third-order valence-electron chi connectivity index (χ3n) is 2.62. The summed E-state index contributed by atoms with van der Waals surface area (Å²) in [4.78, 5) is 27.5. The minimum Gasteiger partial charge on any atom is -0.486 e. The summed E-state index contributed by atoms with van der Waals surface area (Å²) in [5.74, 6) is -1.54. The van der Waals surface area contributed by atoms with Gasteiger partial charge in [-0.25, -0.2) is 9.78 Å². The van der Waals surface area contributed by atoms with Crippen molar-refractivity contribution in [3.05, 3.63) is 21.9 Å². The predicted octanol–water partition coefficient (Wildman–Crippen LogP) is 0.949. The molecule has 0 spiro atoms. The SMILES string of the molecule is CCOc1c(C(=O)O)nc(C(OCC)OCC)n(C)c1=O. The number of aromatic nitrogens is 2. The fourth-order valence-corrected chi connectivity index (χ4v) is 1.73. The quantitative estimate of drug-likeness (QED) is 0.713. The van der Waals surface area contributed by atoms with Crippen LogP contribution in [-0.2, 0) is 16.5 Å². The molecule has 0 unspecified atom stereocenters. The number of carbonyl (C=O) groups is 1. The number of nitrogens with zero attached hydrogens (tertiary/aromatic N) is 2. The van der Waals surface area contributed by atoms with Crippen LogP contribution >= 0.6 is 0 Å². The highest BCUT2D eigenvalue weighted by Crippen LogP contribution is 2.19. The molecule has 0 aliphatic rings. The first-order valence-electron chi connectivity index (χ1n) is 6.68. The summed E-state index contributed by atoms with van der Waals surface area (Å²) in [5.41, 5.74) is -1.04. The van der Waals surface area contributed by atoms with Crippen molar-refractivity contribution in [1.29, 1.82) is 0 Å². The van der Waals surface area contributed by atoms with Crippen molar-refractivity contribution in [2.24, 2.45) is 7.05 Å². The fraction of sp³-hybridized carbons (Fsp3) is 0.615. The van der Waals surface area contributed by atoms with Gasteiger partial charge in [-0.2, -0.15) is 0 Å². The maximum atomic E-state index is 12.2. The maximum Gasteiger partial charge on any atom is 0.358 e. The van der Waals surface area contributed by atoms with Gasteiger partial charge in [-0.1, -0.05) is 0 Å². The molecular formula is C13H20N2O6. The highest BCUT2D eigenvalue weighted by atomic mass is 16.7. The van der Waals surface area contributed by atoms with E-state index in [1.807, 2.05) is 0 Å². The second-order valence-corrected chi connectivity index (χ2v) is 3.99. The normalized spacial score (nSPS) is 10.9. The van der Waals surface area contributed by atoms with E-state index in [1.54, 1.807) is 20.8 Å². The Balaban J connectivity index is 3.46. The van der Waals surface area contributed by atoms with Crippen LogP contribution in [0.15, 0.2) is 4.79 Å². The molecule has 8 nitrogen and oxygen atoms in total. The molecule has 0 atom stereocenters. The number of carboxylic acids is 1. The van der Waals surface area contributed by atoms with E-state index in [0.29, 0.717) is 13.2 Å². The molecule has 0 aliphatic carbocycles. The van der Waals surface area contributed by atoms with Gasteiger partial charge in [-0.15, -0.1) is 0 Å². The molecule has 8 heteroatoms. The molecule has 0 radical (unpaired) electrons. The van der Waals surface area contributed by atoms with Crippen LogP contribution in [0, 0.1) is 0 Å². The molecule has 0 amide bonds. The Morgan fingerprint density at radius 3 is 2.24 bits per heavy atom. The van der Waals surface area contributed by atoms with E-state index in [0.717, 1.165) is 0 Å². The van der Waals surface area contributed by atoms with E-state index in [2.05, 4.69) is 4.98 Å². The summed E-state index contributed by atoms with van der Waals surface area (Å²) in [6, 6.07) is 0. The maximum absolute atomic E-state index is 12.2. The van der Waals surface area contributed by atoms with Gasteiger partial charge in [-0.3, -0.25) is 9.36 Å². The molecular weight excluding hydrogens is 280 g/mol. The van der Waals surface area contributed by atoms with E-state index in [4.69, 9.17) is 14.2 Å². The number of hydrogen-bond donors (Lipinski definition) is 1. The van der Waals surface area contributed by atoms with Crippen LogP contribution in [0.25, 0.3) is 0 Å². The number of aromatic carboxylic acids is 1. The lowest BCUT2D eigenvalue weighted by atomic mass is 10.3. The second kappa shape index (κ2) is 7.75. The molecule has 1 heterocycles. The lowest BCUT2D eigenvalue weighted by Gasteiger charge is -2.20. The van der Waals surface area contributed by atoms with Gasteiger partial charge in [0, 0.05) is 20.3 Å². The van der Waals surface area contributed by atoms with Crippen molar-refractivity contribution in [3.63, 3.8) is 0 Å². The summed E-state index contributed by atoms with van der Waals surface area (Å²) >= 11 is 0. The summed E-state index contributed by atoms with van der Waals surface area (Å²) in [7, 11) is 1.46. The van der Waals surface area contributed by atoms with E-state index < -0.39 is 23.5 Å². The summed E-state index contributed by atoms with van der Waals surface area (Å²) in [5, 5.41) is 9.20. The Bertz CT molecular complexity index is 548. The lowest BCUT2D eigenvalue weighted by molar-refractivity contribution is -0.147. The molecule has 1 aromatic rings. The second-order valence-electron chi connectivity index (χ2n) is 3.99. The third-order valence-corrected chi connectivity index (χ3v) is 2.62. The summed E-state index contributed by atoms with van der Waals surface area (Å²) in [6.07, 6.45) is -0.911. The molecule has 0 saturated heterocycles. The van der Waals surface area contributed by atoms with Crippen LogP contribution in [0.4, 0.5) is 0 Å². The van der Waals surface area contributed by atoms with Gasteiger partial charge in [0.05, 0.1) is 6.61 Å². The number of ether oxygens (including phenoxy) is 3. The van der Waals surface area contributed by atoms with Crippen LogP contribution in [0.2, 0.25) is 0 Å². The van der Waals surface area contributed by atoms with Crippen molar-refractivity contribution in [2.45, 2.75) is 27.1 Å². The zero-order chi connectivity index (χ0) is 16.0. The molecule has 0 saturated carbocycles. The van der Waals surface area contributed by atoms with E-state index in [9.17, 15) is 14.7 Å². The van der Waals surface area contributed by atoms with Gasteiger partial charge in [0.15, 0.2) is 11.5 Å². The van der Waals surface area contributed by atoms with Gasteiger partial charge >= 0.3 is 5.97 Å². The molecule has 1 N–H and O–H groups in total. The Labute approximate surface area is 122 Å². The lowest BCUT2D eigenvalue weighted by Crippen LogP contribution is -2.30. The molecule has 21 heavy (non-hydrogen) atoms. The van der Waals surface area contributed by atoms with Gasteiger partial charge in [0.2, 0.25) is 12.0 Å². The van der Waals surface area contributed by atoms with Gasteiger partial charge in [0.1, 0.15) is 0 Å². The highest BCUT2D eigenvalue weighted by Gasteiger charge is 2.25. The van der Waals surface area contributed by atoms with Gasteiger partial charge in [-0.05, 0) is 20.8 Å². The monoisotopic (exact) mass is 300 g/mol. The molecule has 0 fully saturated rings. The third kappa shape index (κ3) is 3.79. The smallest absolute Gasteiger partial charge is 0.358 e. The average Bonchev–Trinajstić information content (AvgIpc) is 2.44. The first kappa shape index (κ1) is 17.1. The Morgan fingerprint density at radius 2 is 1.81 bits per heavy atom. The van der Waals surface area contributed by atoms with Gasteiger partial charge in [0.25, 0.3) is 5.56 Å². The topological polar surface area (TPSA) is 99.9 Å². The number of carboxylic acid groups (broad SMARTS) is 1. The van der Waals surface area contributed by atoms with E-state index >= 15 is 0 Å². The molecule has 1 aromatic heterocycles. The van der Waals surface area contributed by atoms with E-state index in [-0.39, 0.29) is 18.2 Å². The van der Waals surface area contributed by atoms with Crippen molar-refractivity contribution >= 4 is 5.97 Å². The van der Waals surface area contributed by atoms with Crippen molar-refractivity contribution in [2.75, 3.05) is 19.8 Å². The van der Waals surface area contributed by atoms with Gasteiger partial charge < -0.3 is 19.3 Å². The van der Waals surface area contributed by atoms with Crippen LogP contribution in [0.3, 0.4) is 0 Å². The van der Waals surface area contributed by atoms with E-state index in [1.165, 1.54) is 11.6 Å². The van der Waals surface area contributed by atoms with Crippen molar-refractivity contribution in [3.8, 4) is 5.75 Å². The molecule has 0 bridgehead atoms. The van der Waals surface area contributed by atoms with Crippen molar-refractivity contribution < 1.29 is 24.1 Å². The van der Waals surface area contributed by atoms with Crippen LogP contribution in [-0.4, -0.2) is 40.4 Å². The Morgan fingerprint density at radius 1 is 1.24 bits per heavy atom. The van der Waals surface area contributed by atoms with Crippen molar-refractivity contribution in [1.82, 2.24) is 9.55 Å². The Kier molecular flexibility index (Phi) is 6.32. The molecule has 0 aliphatic heterocycles. The number of hydrogen-bond acceptors (Lipinski definition) is 6. The minimum absolute atomic E-state index is 0.0875. The fourth-order valence-electron chi connectivity index (χ4n) is 1.73. The van der Waals surface area contributed by atoms with Crippen LogP contribution < -0.4 is 10.3 Å². The zero-order valence-electron chi connectivity index (χ0n) is 12.6. The summed E-state index contributed by atoms with van der Waals surface area (Å²) in [6.45, 7) is 6.00. The first-order chi connectivity index (χ1) is 9.97. The standard InChI is InChI=1S/C13H20N2O6/c1-5-19-9-8(12(17)18)14-10(15(4)11(9)16)13(20-6-2)21-7-3/h13H,5-7H2,1-4H3,(H,17,18).